The van der Waals surface area contributed by atoms with Crippen molar-refractivity contribution in [3.63, 3.8) is 0 Å². The van der Waals surface area contributed by atoms with E-state index in [1.165, 1.54) is 0 Å². The van der Waals surface area contributed by atoms with Gasteiger partial charge in [0.2, 0.25) is 5.91 Å². The van der Waals surface area contributed by atoms with Crippen LogP contribution in [0.5, 0.6) is 0 Å². The Hall–Kier alpha value is -0.650. The minimum absolute atomic E-state index is 0.0670. The first kappa shape index (κ1) is 11.4. The van der Waals surface area contributed by atoms with Crippen LogP contribution in [0.3, 0.4) is 0 Å². The van der Waals surface area contributed by atoms with E-state index < -0.39 is 6.04 Å². The van der Waals surface area contributed by atoms with Gasteiger partial charge in [-0.15, -0.1) is 0 Å². The van der Waals surface area contributed by atoms with Gasteiger partial charge in [0.05, 0.1) is 38.5 Å². The molecule has 1 amide bonds. The van der Waals surface area contributed by atoms with Crippen LogP contribution in [0.1, 0.15) is 13.3 Å². The van der Waals surface area contributed by atoms with E-state index in [1.807, 2.05) is 6.92 Å². The number of hydrogen-bond acceptors (Lipinski definition) is 4. The molecule has 1 heterocycles. The third-order valence-electron chi connectivity index (χ3n) is 2.13. The van der Waals surface area contributed by atoms with Crippen LogP contribution in [0.15, 0.2) is 0 Å². The Bertz CT molecular complexity index is 179. The van der Waals surface area contributed by atoms with E-state index in [4.69, 9.17) is 15.2 Å². The summed E-state index contributed by atoms with van der Waals surface area (Å²) in [5, 5.41) is 2.80. The molecular formula is C9H18N2O3. The maximum atomic E-state index is 11.4. The van der Waals surface area contributed by atoms with Crippen LogP contribution in [0.2, 0.25) is 0 Å². The zero-order valence-corrected chi connectivity index (χ0v) is 8.49. The van der Waals surface area contributed by atoms with Gasteiger partial charge >= 0.3 is 0 Å². The van der Waals surface area contributed by atoms with E-state index in [-0.39, 0.29) is 11.9 Å². The predicted molar refractivity (Wildman–Crippen MR) is 51.8 cm³/mol. The Morgan fingerprint density at radius 3 is 2.57 bits per heavy atom. The first-order valence-corrected chi connectivity index (χ1v) is 4.95. The molecule has 3 N–H and O–H groups in total. The summed E-state index contributed by atoms with van der Waals surface area (Å²) >= 11 is 0. The van der Waals surface area contributed by atoms with Gasteiger partial charge in [-0.25, -0.2) is 0 Å². The van der Waals surface area contributed by atoms with Gasteiger partial charge in [0.15, 0.2) is 0 Å². The number of amides is 1. The Morgan fingerprint density at radius 2 is 2.07 bits per heavy atom. The number of rotatable bonds is 3. The minimum Gasteiger partial charge on any atom is -0.377 e. The SMILES string of the molecule is CC[C@@H](N)C(=O)NC1COCCOC1. The third kappa shape index (κ3) is 3.61. The maximum absolute atomic E-state index is 11.4. The first-order valence-electron chi connectivity index (χ1n) is 4.95. The molecule has 0 aromatic rings. The fourth-order valence-electron chi connectivity index (χ4n) is 1.19. The fourth-order valence-corrected chi connectivity index (χ4v) is 1.19. The summed E-state index contributed by atoms with van der Waals surface area (Å²) in [4.78, 5) is 11.4. The van der Waals surface area contributed by atoms with Gasteiger partial charge in [0.25, 0.3) is 0 Å². The summed E-state index contributed by atoms with van der Waals surface area (Å²) in [6.45, 7) is 4.06. The van der Waals surface area contributed by atoms with Crippen molar-refractivity contribution in [2.75, 3.05) is 26.4 Å². The topological polar surface area (TPSA) is 73.6 Å². The molecule has 0 aliphatic carbocycles. The fraction of sp³-hybridized carbons (Fsp3) is 0.889. The molecule has 0 saturated carbocycles. The predicted octanol–water partition coefficient (Wildman–Crippen LogP) is -0.745. The molecule has 1 aliphatic heterocycles. The Kier molecular flexibility index (Phi) is 4.86. The van der Waals surface area contributed by atoms with Crippen molar-refractivity contribution in [3.05, 3.63) is 0 Å². The Labute approximate surface area is 83.9 Å². The lowest BCUT2D eigenvalue weighted by molar-refractivity contribution is -0.123. The summed E-state index contributed by atoms with van der Waals surface area (Å²) in [5.74, 6) is -0.133. The molecule has 0 aromatic carbocycles. The zero-order chi connectivity index (χ0) is 10.4. The summed E-state index contributed by atoms with van der Waals surface area (Å²) in [7, 11) is 0. The molecule has 0 aromatic heterocycles. The largest absolute Gasteiger partial charge is 0.377 e. The van der Waals surface area contributed by atoms with Crippen LogP contribution < -0.4 is 11.1 Å². The molecule has 1 aliphatic rings. The highest BCUT2D eigenvalue weighted by atomic mass is 16.5. The van der Waals surface area contributed by atoms with Crippen molar-refractivity contribution in [1.82, 2.24) is 5.32 Å². The smallest absolute Gasteiger partial charge is 0.237 e. The summed E-state index contributed by atoms with van der Waals surface area (Å²) in [6, 6.07) is -0.499. The van der Waals surface area contributed by atoms with Crippen molar-refractivity contribution in [1.29, 1.82) is 0 Å². The van der Waals surface area contributed by atoms with Crippen molar-refractivity contribution >= 4 is 5.91 Å². The number of nitrogens with one attached hydrogen (secondary N) is 1. The van der Waals surface area contributed by atoms with Crippen molar-refractivity contribution in [2.45, 2.75) is 25.4 Å². The molecule has 82 valence electrons. The van der Waals surface area contributed by atoms with Gasteiger partial charge in [0.1, 0.15) is 0 Å². The van der Waals surface area contributed by atoms with Gasteiger partial charge < -0.3 is 20.5 Å². The van der Waals surface area contributed by atoms with Crippen LogP contribution in [-0.4, -0.2) is 44.4 Å². The standard InChI is InChI=1S/C9H18N2O3/c1-2-8(10)9(12)11-7-5-13-3-4-14-6-7/h7-8H,2-6,10H2,1H3,(H,11,12)/t8-/m1/s1. The number of carbonyl (C=O) groups excluding carboxylic acids is 1. The highest BCUT2D eigenvalue weighted by molar-refractivity contribution is 5.81. The first-order chi connectivity index (χ1) is 6.74. The lowest BCUT2D eigenvalue weighted by atomic mass is 10.2. The number of ether oxygens (including phenoxy) is 2. The van der Waals surface area contributed by atoms with Crippen molar-refractivity contribution in [3.8, 4) is 0 Å². The van der Waals surface area contributed by atoms with E-state index in [9.17, 15) is 4.79 Å². The second kappa shape index (κ2) is 5.95. The number of carbonyl (C=O) groups is 1. The van der Waals surface area contributed by atoms with E-state index >= 15 is 0 Å². The average molecular weight is 202 g/mol. The second-order valence-corrected chi connectivity index (χ2v) is 3.37. The highest BCUT2D eigenvalue weighted by Gasteiger charge is 2.18. The maximum Gasteiger partial charge on any atom is 0.237 e. The van der Waals surface area contributed by atoms with Crippen LogP contribution in [0.4, 0.5) is 0 Å². The monoisotopic (exact) mass is 202 g/mol. The quantitative estimate of drug-likeness (QED) is 0.632. The molecule has 1 atom stereocenters. The van der Waals surface area contributed by atoms with Gasteiger partial charge in [-0.2, -0.15) is 0 Å². The number of nitrogens with two attached hydrogens (primary N) is 1. The molecule has 1 rings (SSSR count). The second-order valence-electron chi connectivity index (χ2n) is 3.37. The Morgan fingerprint density at radius 1 is 1.50 bits per heavy atom. The lowest BCUT2D eigenvalue weighted by Crippen LogP contribution is -2.48. The third-order valence-corrected chi connectivity index (χ3v) is 2.13. The minimum atomic E-state index is -0.432. The van der Waals surface area contributed by atoms with Crippen LogP contribution in [0.25, 0.3) is 0 Å². The molecular weight excluding hydrogens is 184 g/mol. The van der Waals surface area contributed by atoms with E-state index in [0.717, 1.165) is 0 Å². The molecule has 0 spiro atoms. The van der Waals surface area contributed by atoms with Crippen LogP contribution in [-0.2, 0) is 14.3 Å². The van der Waals surface area contributed by atoms with Crippen molar-refractivity contribution < 1.29 is 14.3 Å². The molecule has 5 nitrogen and oxygen atoms in total. The van der Waals surface area contributed by atoms with E-state index in [2.05, 4.69) is 5.32 Å². The highest BCUT2D eigenvalue weighted by Crippen LogP contribution is 1.96. The molecule has 1 saturated heterocycles. The molecule has 14 heavy (non-hydrogen) atoms. The molecule has 0 radical (unpaired) electrons. The molecule has 0 bridgehead atoms. The van der Waals surface area contributed by atoms with Gasteiger partial charge in [-0.3, -0.25) is 4.79 Å². The van der Waals surface area contributed by atoms with Gasteiger partial charge in [0, 0.05) is 0 Å². The summed E-state index contributed by atoms with van der Waals surface area (Å²) in [5.41, 5.74) is 5.58. The van der Waals surface area contributed by atoms with Crippen molar-refractivity contribution in [2.24, 2.45) is 5.73 Å². The number of hydrogen-bond donors (Lipinski definition) is 2. The zero-order valence-electron chi connectivity index (χ0n) is 8.49. The van der Waals surface area contributed by atoms with E-state index in [0.29, 0.717) is 32.8 Å². The van der Waals surface area contributed by atoms with Gasteiger partial charge in [-0.05, 0) is 6.42 Å². The lowest BCUT2D eigenvalue weighted by Gasteiger charge is -2.17. The molecule has 5 heteroatoms. The van der Waals surface area contributed by atoms with E-state index in [1.54, 1.807) is 0 Å². The Balaban J connectivity index is 2.30. The average Bonchev–Trinajstić information content (AvgIpc) is 2.45. The normalized spacial score (nSPS) is 21.3. The summed E-state index contributed by atoms with van der Waals surface area (Å²) < 4.78 is 10.5. The van der Waals surface area contributed by atoms with Crippen LogP contribution in [0, 0.1) is 0 Å². The molecule has 1 fully saturated rings. The molecule has 0 unspecified atom stereocenters. The van der Waals surface area contributed by atoms with Crippen LogP contribution >= 0.6 is 0 Å². The van der Waals surface area contributed by atoms with Gasteiger partial charge in [-0.1, -0.05) is 6.92 Å². The summed E-state index contributed by atoms with van der Waals surface area (Å²) in [6.07, 6.45) is 0.639.